The molecule has 0 fully saturated rings. The molecule has 8 heteroatoms. The Balaban J connectivity index is 2.07. The van der Waals surface area contributed by atoms with Crippen LogP contribution in [0.3, 0.4) is 0 Å². The van der Waals surface area contributed by atoms with Crippen LogP contribution in [0.4, 0.5) is 23.0 Å². The molecule has 7 N–H and O–H groups in total. The number of hydrogen-bond donors (Lipinski definition) is 4. The molecular formula is C14H18N6OS. The zero-order valence-electron chi connectivity index (χ0n) is 12.3. The molecule has 7 nitrogen and oxygen atoms in total. The molecule has 0 radical (unpaired) electrons. The minimum atomic E-state index is -0.415. The van der Waals surface area contributed by atoms with Gasteiger partial charge in [-0.05, 0) is 31.5 Å². The van der Waals surface area contributed by atoms with Crippen molar-refractivity contribution in [3.05, 3.63) is 29.8 Å². The van der Waals surface area contributed by atoms with Gasteiger partial charge in [0, 0.05) is 17.4 Å². The minimum absolute atomic E-state index is 0.178. The lowest BCUT2D eigenvalue weighted by atomic mass is 10.2. The highest BCUT2D eigenvalue weighted by Crippen LogP contribution is 2.24. The van der Waals surface area contributed by atoms with E-state index in [4.69, 9.17) is 17.2 Å². The maximum atomic E-state index is 12.3. The number of carbonyl (C=O) groups is 1. The summed E-state index contributed by atoms with van der Waals surface area (Å²) >= 11 is 1.18. The van der Waals surface area contributed by atoms with Gasteiger partial charge in [-0.3, -0.25) is 4.79 Å². The van der Waals surface area contributed by atoms with Crippen LogP contribution in [-0.2, 0) is 4.79 Å². The van der Waals surface area contributed by atoms with Crippen molar-refractivity contribution in [3.63, 3.8) is 0 Å². The molecule has 0 aliphatic rings. The first kappa shape index (κ1) is 15.9. The Bertz CT molecular complexity index is 685. The van der Waals surface area contributed by atoms with Gasteiger partial charge in [0.25, 0.3) is 0 Å². The molecule has 1 aromatic heterocycles. The fourth-order valence-corrected chi connectivity index (χ4v) is 2.53. The van der Waals surface area contributed by atoms with Crippen LogP contribution in [-0.4, -0.2) is 21.1 Å². The summed E-state index contributed by atoms with van der Waals surface area (Å²) in [4.78, 5) is 20.3. The van der Waals surface area contributed by atoms with Gasteiger partial charge in [-0.1, -0.05) is 17.8 Å². The molecule has 1 atom stereocenters. The standard InChI is InChI=1S/C14H18N6OS/c1-7-3-4-9(15)5-10(7)18-13(21)8(2)22-14-19-11(16)6-12(17)20-14/h3-6,8H,15H2,1-2H3,(H,18,21)(H4,16,17,19,20)/t8-/m1/s1. The van der Waals surface area contributed by atoms with E-state index in [1.807, 2.05) is 13.0 Å². The molecule has 1 heterocycles. The topological polar surface area (TPSA) is 133 Å². The van der Waals surface area contributed by atoms with Gasteiger partial charge in [0.15, 0.2) is 5.16 Å². The van der Waals surface area contributed by atoms with Crippen LogP contribution in [0, 0.1) is 6.92 Å². The number of carbonyl (C=O) groups excluding carboxylic acids is 1. The van der Waals surface area contributed by atoms with E-state index in [1.165, 1.54) is 17.8 Å². The van der Waals surface area contributed by atoms with Gasteiger partial charge in [0.1, 0.15) is 11.6 Å². The number of aromatic nitrogens is 2. The predicted octanol–water partition coefficient (Wildman–Crippen LogP) is 1.65. The highest BCUT2D eigenvalue weighted by atomic mass is 32.2. The maximum absolute atomic E-state index is 12.3. The van der Waals surface area contributed by atoms with Crippen LogP contribution >= 0.6 is 11.8 Å². The first-order chi connectivity index (χ1) is 10.3. The van der Waals surface area contributed by atoms with E-state index in [2.05, 4.69) is 15.3 Å². The van der Waals surface area contributed by atoms with Gasteiger partial charge in [0.05, 0.1) is 5.25 Å². The second kappa shape index (κ2) is 6.52. The lowest BCUT2D eigenvalue weighted by Crippen LogP contribution is -2.23. The third-order valence-corrected chi connectivity index (χ3v) is 3.88. The number of nitrogen functional groups attached to an aromatic ring is 3. The number of hydrogen-bond acceptors (Lipinski definition) is 7. The molecule has 116 valence electrons. The first-order valence-electron chi connectivity index (χ1n) is 6.59. The number of rotatable bonds is 4. The molecule has 0 spiro atoms. The zero-order valence-corrected chi connectivity index (χ0v) is 13.1. The van der Waals surface area contributed by atoms with E-state index < -0.39 is 5.25 Å². The summed E-state index contributed by atoms with van der Waals surface area (Å²) < 4.78 is 0. The van der Waals surface area contributed by atoms with Crippen LogP contribution in [0.2, 0.25) is 0 Å². The lowest BCUT2D eigenvalue weighted by Gasteiger charge is -2.13. The maximum Gasteiger partial charge on any atom is 0.237 e. The Morgan fingerprint density at radius 1 is 1.18 bits per heavy atom. The molecule has 22 heavy (non-hydrogen) atoms. The Morgan fingerprint density at radius 3 is 2.45 bits per heavy atom. The van der Waals surface area contributed by atoms with E-state index in [9.17, 15) is 4.79 Å². The highest BCUT2D eigenvalue weighted by molar-refractivity contribution is 8.00. The molecule has 1 amide bonds. The Kier molecular flexibility index (Phi) is 4.71. The third kappa shape index (κ3) is 4.01. The van der Waals surface area contributed by atoms with Crippen molar-refractivity contribution >= 4 is 40.7 Å². The zero-order chi connectivity index (χ0) is 16.3. The number of nitrogens with two attached hydrogens (primary N) is 3. The molecule has 2 aromatic rings. The Hall–Kier alpha value is -2.48. The van der Waals surface area contributed by atoms with Gasteiger partial charge in [-0.15, -0.1) is 0 Å². The quantitative estimate of drug-likeness (QED) is 0.382. The lowest BCUT2D eigenvalue weighted by molar-refractivity contribution is -0.115. The second-order valence-electron chi connectivity index (χ2n) is 4.82. The molecule has 2 rings (SSSR count). The molecule has 0 unspecified atom stereocenters. The number of benzene rings is 1. The Morgan fingerprint density at radius 2 is 1.82 bits per heavy atom. The largest absolute Gasteiger partial charge is 0.399 e. The smallest absolute Gasteiger partial charge is 0.237 e. The molecule has 0 aliphatic carbocycles. The summed E-state index contributed by atoms with van der Waals surface area (Å²) in [6, 6.07) is 6.82. The summed E-state index contributed by atoms with van der Waals surface area (Å²) in [7, 11) is 0. The van der Waals surface area contributed by atoms with E-state index in [-0.39, 0.29) is 17.5 Å². The number of thioether (sulfide) groups is 1. The summed E-state index contributed by atoms with van der Waals surface area (Å²) in [5.74, 6) is 0.367. The normalized spacial score (nSPS) is 11.9. The summed E-state index contributed by atoms with van der Waals surface area (Å²) in [6.07, 6.45) is 0. The molecular weight excluding hydrogens is 300 g/mol. The SMILES string of the molecule is Cc1ccc(N)cc1NC(=O)[C@@H](C)Sc1nc(N)cc(N)n1. The van der Waals surface area contributed by atoms with Crippen LogP contribution in [0.5, 0.6) is 0 Å². The van der Waals surface area contributed by atoms with Crippen LogP contribution in [0.25, 0.3) is 0 Å². The number of nitrogens with one attached hydrogen (secondary N) is 1. The third-order valence-electron chi connectivity index (χ3n) is 2.92. The molecule has 0 saturated carbocycles. The van der Waals surface area contributed by atoms with E-state index >= 15 is 0 Å². The predicted molar refractivity (Wildman–Crippen MR) is 90.4 cm³/mol. The number of amides is 1. The monoisotopic (exact) mass is 318 g/mol. The fourth-order valence-electron chi connectivity index (χ4n) is 1.73. The van der Waals surface area contributed by atoms with E-state index in [0.29, 0.717) is 16.5 Å². The van der Waals surface area contributed by atoms with Crippen LogP contribution in [0.1, 0.15) is 12.5 Å². The van der Waals surface area contributed by atoms with Crippen molar-refractivity contribution in [1.29, 1.82) is 0 Å². The molecule has 0 aliphatic heterocycles. The highest BCUT2D eigenvalue weighted by Gasteiger charge is 2.17. The molecule has 0 saturated heterocycles. The molecule has 0 bridgehead atoms. The van der Waals surface area contributed by atoms with Crippen molar-refractivity contribution < 1.29 is 4.79 Å². The van der Waals surface area contributed by atoms with Crippen molar-refractivity contribution in [3.8, 4) is 0 Å². The fraction of sp³-hybridized carbons (Fsp3) is 0.214. The Labute approximate surface area is 132 Å². The van der Waals surface area contributed by atoms with Crippen molar-refractivity contribution in [2.45, 2.75) is 24.3 Å². The van der Waals surface area contributed by atoms with Gasteiger partial charge in [-0.2, -0.15) is 0 Å². The van der Waals surface area contributed by atoms with E-state index in [1.54, 1.807) is 19.1 Å². The summed E-state index contributed by atoms with van der Waals surface area (Å²) in [5.41, 5.74) is 19.2. The summed E-state index contributed by atoms with van der Waals surface area (Å²) in [6.45, 7) is 3.65. The number of aryl methyl sites for hydroxylation is 1. The average Bonchev–Trinajstić information content (AvgIpc) is 2.41. The van der Waals surface area contributed by atoms with Crippen molar-refractivity contribution in [2.75, 3.05) is 22.5 Å². The minimum Gasteiger partial charge on any atom is -0.399 e. The van der Waals surface area contributed by atoms with Gasteiger partial charge in [-0.25, -0.2) is 9.97 Å². The number of anilines is 4. The van der Waals surface area contributed by atoms with Crippen molar-refractivity contribution in [1.82, 2.24) is 9.97 Å². The van der Waals surface area contributed by atoms with Gasteiger partial charge in [0.2, 0.25) is 5.91 Å². The average molecular weight is 318 g/mol. The number of nitrogens with zero attached hydrogens (tertiary/aromatic N) is 2. The van der Waals surface area contributed by atoms with Crippen LogP contribution < -0.4 is 22.5 Å². The second-order valence-corrected chi connectivity index (χ2v) is 6.13. The molecule has 1 aromatic carbocycles. The van der Waals surface area contributed by atoms with Gasteiger partial charge >= 0.3 is 0 Å². The van der Waals surface area contributed by atoms with Gasteiger partial charge < -0.3 is 22.5 Å². The first-order valence-corrected chi connectivity index (χ1v) is 7.47. The van der Waals surface area contributed by atoms with Crippen molar-refractivity contribution in [2.24, 2.45) is 0 Å². The van der Waals surface area contributed by atoms with E-state index in [0.717, 1.165) is 5.56 Å². The van der Waals surface area contributed by atoms with Crippen LogP contribution in [0.15, 0.2) is 29.4 Å². The summed E-state index contributed by atoms with van der Waals surface area (Å²) in [5, 5.41) is 2.79.